The highest BCUT2D eigenvalue weighted by Crippen LogP contribution is 0.768. The molecule has 0 aromatic rings. The lowest BCUT2D eigenvalue weighted by Gasteiger charge is -0.944. The molecule has 19 heavy (non-hydrogen) atoms. The van der Waals surface area contributed by atoms with Crippen LogP contribution < -0.4 is 0 Å². The van der Waals surface area contributed by atoms with Crippen LogP contribution in [0.1, 0.15) is 0 Å². The maximum atomic E-state index is 8.40. The first-order valence-electron chi connectivity index (χ1n) is 1.63. The van der Waals surface area contributed by atoms with Gasteiger partial charge in [0.15, 0.2) is 0 Å². The van der Waals surface area contributed by atoms with Crippen molar-refractivity contribution >= 4 is 106 Å². The molecule has 12 nitrogen and oxygen atoms in total. The molecule has 0 atom stereocenters. The smallest absolute Gasteiger partial charge is 0.412 e. The lowest BCUT2D eigenvalue weighted by molar-refractivity contribution is 0.496. The van der Waals surface area contributed by atoms with Crippen LogP contribution in [0, 0.1) is 0 Å². The number of hydrogen-bond donors (Lipinski definition) is 0. The van der Waals surface area contributed by atoms with Crippen molar-refractivity contribution in [1.29, 1.82) is 0 Å². The van der Waals surface area contributed by atoms with Gasteiger partial charge in [-0.15, -0.1) is 0 Å². The normalized spacial score (nSPS) is 1.68. The molecule has 0 aromatic heterocycles. The number of hydrogen-bond acceptors (Lipinski definition) is 8. The van der Waals surface area contributed by atoms with Crippen LogP contribution >= 0.6 is 0 Å². The minimum absolute atomic E-state index is 0. The van der Waals surface area contributed by atoms with E-state index in [4.69, 9.17) is 35.7 Å². The van der Waals surface area contributed by atoms with Gasteiger partial charge in [0.25, 0.3) is 0 Å². The minimum atomic E-state index is -1.42. The molecular formula is H14Mg3O12Si4. The van der Waals surface area contributed by atoms with Gasteiger partial charge in [-0.05, 0) is 0 Å². The van der Waals surface area contributed by atoms with E-state index in [-0.39, 0.29) is 91.1 Å². The molecule has 0 saturated carbocycles. The molecule has 0 aliphatic rings. The summed E-state index contributed by atoms with van der Waals surface area (Å²) >= 11 is 0. The van der Waals surface area contributed by atoms with Crippen LogP contribution in [0.4, 0.5) is 0 Å². The van der Waals surface area contributed by atoms with E-state index in [0.29, 0.717) is 0 Å². The predicted molar refractivity (Wildman–Crippen MR) is 68.6 cm³/mol. The summed E-state index contributed by atoms with van der Waals surface area (Å²) in [6, 6.07) is 0. The highest BCUT2D eigenvalue weighted by Gasteiger charge is 1.23. The van der Waals surface area contributed by atoms with Crippen LogP contribution in [0.3, 0.4) is 0 Å². The molecule has 0 aromatic carbocycles. The van der Waals surface area contributed by atoms with Crippen molar-refractivity contribution in [3.8, 4) is 0 Å². The predicted octanol–water partition coefficient (Wildman–Crippen LogP) is -8.52. The fourth-order valence-electron chi connectivity index (χ4n) is 0. The van der Waals surface area contributed by atoms with Gasteiger partial charge in [-0.25, -0.2) is 0 Å². The molecule has 108 valence electrons. The first-order valence-corrected chi connectivity index (χ1v) is 4.90. The lowest BCUT2D eigenvalue weighted by Crippen LogP contribution is -1.26. The van der Waals surface area contributed by atoms with E-state index in [2.05, 4.69) is 0 Å². The Bertz CT molecular complexity index is 157. The van der Waals surface area contributed by atoms with Crippen LogP contribution in [0.2, 0.25) is 0 Å². The minimum Gasteiger partial charge on any atom is -0.412 e. The quantitative estimate of drug-likeness (QED) is 0.357. The average molecular weight is 391 g/mol. The first-order chi connectivity index (χ1) is 5.66. The van der Waals surface area contributed by atoms with Crippen molar-refractivity contribution in [2.24, 2.45) is 0 Å². The molecule has 0 bridgehead atoms. The van der Waals surface area contributed by atoms with E-state index in [0.717, 1.165) is 0 Å². The Labute approximate surface area is 162 Å². The van der Waals surface area contributed by atoms with Crippen molar-refractivity contribution in [2.45, 2.75) is 0 Å². The summed E-state index contributed by atoms with van der Waals surface area (Å²) in [7, 11) is -5.67. The van der Waals surface area contributed by atoms with Crippen molar-refractivity contribution in [2.75, 3.05) is 0 Å². The molecule has 0 unspecified atom stereocenters. The Morgan fingerprint density at radius 2 is 0.316 bits per heavy atom. The van der Waals surface area contributed by atoms with E-state index < -0.39 is 37.2 Å². The zero-order chi connectivity index (χ0) is 10.8. The Hall–Kier alpha value is 1.41. The van der Waals surface area contributed by atoms with Gasteiger partial charge in [0, 0.05) is 0 Å². The molecule has 0 spiro atoms. The van der Waals surface area contributed by atoms with Crippen molar-refractivity contribution in [3.05, 3.63) is 0 Å². The second-order valence-electron chi connectivity index (χ2n) is 0.333. The Morgan fingerprint density at radius 1 is 0.316 bits per heavy atom. The molecule has 8 N–H and O–H groups in total. The summed E-state index contributed by atoms with van der Waals surface area (Å²) in [5, 5.41) is 0. The molecule has 0 saturated heterocycles. The summed E-state index contributed by atoms with van der Waals surface area (Å²) in [4.78, 5) is 0. The Kier molecular flexibility index (Phi) is 1030. The average Bonchev–Trinajstić information content (AvgIpc) is 1.92. The third kappa shape index (κ3) is 2970. The maximum Gasteiger partial charge on any atom is 0.549 e. The zero-order valence-corrected chi connectivity index (χ0v) is 11.3. The van der Waals surface area contributed by atoms with Crippen LogP contribution in [-0.4, -0.2) is 128 Å². The summed E-state index contributed by atoms with van der Waals surface area (Å²) < 4.78 is 67.2. The van der Waals surface area contributed by atoms with E-state index in [9.17, 15) is 0 Å². The summed E-state index contributed by atoms with van der Waals surface area (Å²) in [5.74, 6) is 0. The SMILES string of the molecule is O.O.O.O.O=[Si]=O.O=[Si]=O.O=[Si]=O.O=[Si]=O.[MgH2].[MgH2].[MgH2]. The van der Waals surface area contributed by atoms with Crippen molar-refractivity contribution in [3.63, 3.8) is 0 Å². The van der Waals surface area contributed by atoms with Gasteiger partial charge in [0.2, 0.25) is 0 Å². The fraction of sp³-hybridized carbons (Fsp3) is 0. The van der Waals surface area contributed by atoms with Crippen molar-refractivity contribution < 1.29 is 57.6 Å². The van der Waals surface area contributed by atoms with Gasteiger partial charge in [0.05, 0.1) is 0 Å². The van der Waals surface area contributed by atoms with Gasteiger partial charge >= 0.3 is 106 Å². The van der Waals surface area contributed by atoms with Gasteiger partial charge in [-0.2, -0.15) is 0 Å². The van der Waals surface area contributed by atoms with Gasteiger partial charge in [-0.1, -0.05) is 0 Å². The summed E-state index contributed by atoms with van der Waals surface area (Å²) in [6.07, 6.45) is 0. The lowest BCUT2D eigenvalue weighted by atomic mass is 15.9. The summed E-state index contributed by atoms with van der Waals surface area (Å²) in [5.41, 5.74) is 0. The highest BCUT2D eigenvalue weighted by molar-refractivity contribution is 5.95. The monoisotopic (exact) mass is 390 g/mol. The largest absolute Gasteiger partial charge is 0.549 e. The maximum absolute atomic E-state index is 8.40. The molecule has 0 aliphatic heterocycles. The van der Waals surface area contributed by atoms with E-state index in [1.54, 1.807) is 0 Å². The highest BCUT2D eigenvalue weighted by atomic mass is 28.2. The van der Waals surface area contributed by atoms with Gasteiger partial charge < -0.3 is 21.9 Å². The molecule has 0 rings (SSSR count). The fourth-order valence-corrected chi connectivity index (χ4v) is 0. The van der Waals surface area contributed by atoms with Crippen LogP contribution in [0.15, 0.2) is 0 Å². The molecule has 0 aliphatic carbocycles. The molecule has 0 amide bonds. The van der Waals surface area contributed by atoms with Crippen molar-refractivity contribution in [1.82, 2.24) is 0 Å². The Balaban J connectivity index is -0.00000000444. The van der Waals surface area contributed by atoms with E-state index in [1.165, 1.54) is 0 Å². The second-order valence-corrected chi connectivity index (χ2v) is 1.00. The molecular weight excluding hydrogens is 377 g/mol. The molecule has 0 heterocycles. The third-order valence-corrected chi connectivity index (χ3v) is 0. The number of rotatable bonds is 0. The van der Waals surface area contributed by atoms with Crippen LogP contribution in [-0.2, 0) is 35.7 Å². The van der Waals surface area contributed by atoms with Gasteiger partial charge in [-0.3, -0.25) is 35.7 Å². The molecule has 0 fully saturated rings. The van der Waals surface area contributed by atoms with Crippen LogP contribution in [0.5, 0.6) is 0 Å². The molecule has 19 heteroatoms. The van der Waals surface area contributed by atoms with E-state index in [1.807, 2.05) is 0 Å². The standard InChI is InChI=1S/3Mg.4O2Si.4H2O.6H/c;;;4*1-3-2;;;;;;;;;;/h;;;;;;;4*1H2;;;;;;. The third-order valence-electron chi connectivity index (χ3n) is 0. The van der Waals surface area contributed by atoms with Crippen LogP contribution in [0.25, 0.3) is 0 Å². The summed E-state index contributed by atoms with van der Waals surface area (Å²) in [6.45, 7) is 0. The van der Waals surface area contributed by atoms with E-state index >= 15 is 0 Å². The zero-order valence-electron chi connectivity index (χ0n) is 7.27. The molecule has 0 radical (unpaired) electrons. The first kappa shape index (κ1) is 86.9. The topological polar surface area (TPSA) is 263 Å². The second kappa shape index (κ2) is 225. The Morgan fingerprint density at radius 3 is 0.316 bits per heavy atom. The van der Waals surface area contributed by atoms with Gasteiger partial charge in [0.1, 0.15) is 0 Å².